The van der Waals surface area contributed by atoms with E-state index < -0.39 is 0 Å². The van der Waals surface area contributed by atoms with Gasteiger partial charge in [-0.05, 0) is 13.8 Å². The molecular formula is C10H18N4O. The minimum Gasteiger partial charge on any atom is -0.373 e. The van der Waals surface area contributed by atoms with Crippen molar-refractivity contribution in [2.45, 2.75) is 26.4 Å². The molecule has 5 nitrogen and oxygen atoms in total. The van der Waals surface area contributed by atoms with Crippen LogP contribution in [0.15, 0.2) is 17.1 Å². The van der Waals surface area contributed by atoms with Gasteiger partial charge in [0.2, 0.25) is 0 Å². The lowest BCUT2D eigenvalue weighted by Gasteiger charge is -2.16. The van der Waals surface area contributed by atoms with Crippen LogP contribution in [-0.2, 0) is 6.54 Å². The molecule has 84 valence electrons. The Balaban J connectivity index is 2.93. The number of aromatic nitrogens is 2. The molecule has 15 heavy (non-hydrogen) atoms. The Kier molecular flexibility index (Phi) is 3.85. The molecule has 0 aromatic carbocycles. The van der Waals surface area contributed by atoms with Gasteiger partial charge in [0.05, 0.1) is 18.4 Å². The molecule has 0 amide bonds. The molecule has 1 aromatic heterocycles. The Morgan fingerprint density at radius 3 is 2.80 bits per heavy atom. The first-order valence-electron chi connectivity index (χ1n) is 5.08. The van der Waals surface area contributed by atoms with Crippen molar-refractivity contribution >= 4 is 5.69 Å². The van der Waals surface area contributed by atoms with Gasteiger partial charge in [-0.3, -0.25) is 4.79 Å². The number of nitrogens with zero attached hydrogens (tertiary/aromatic N) is 3. The Hall–Kier alpha value is -1.36. The molecule has 1 aromatic rings. The Morgan fingerprint density at radius 1 is 1.67 bits per heavy atom. The van der Waals surface area contributed by atoms with Crippen LogP contribution in [0.3, 0.4) is 0 Å². The Labute approximate surface area is 89.5 Å². The molecule has 0 aliphatic heterocycles. The monoisotopic (exact) mass is 210 g/mol. The third-order valence-corrected chi connectivity index (χ3v) is 2.23. The smallest absolute Gasteiger partial charge is 0.268 e. The van der Waals surface area contributed by atoms with E-state index in [1.807, 2.05) is 25.8 Å². The third kappa shape index (κ3) is 3.06. The summed E-state index contributed by atoms with van der Waals surface area (Å²) >= 11 is 0. The van der Waals surface area contributed by atoms with Crippen LogP contribution in [0.25, 0.3) is 0 Å². The van der Waals surface area contributed by atoms with Gasteiger partial charge in [-0.25, -0.2) is 4.68 Å². The number of nitrogens with two attached hydrogens (primary N) is 1. The molecule has 0 aliphatic carbocycles. The average molecular weight is 210 g/mol. The summed E-state index contributed by atoms with van der Waals surface area (Å²) in [6.07, 6.45) is 1.69. The van der Waals surface area contributed by atoms with Crippen LogP contribution in [-0.4, -0.2) is 29.4 Å². The summed E-state index contributed by atoms with van der Waals surface area (Å²) in [6.45, 7) is 5.17. The summed E-state index contributed by atoms with van der Waals surface area (Å²) in [7, 11) is 1.92. The molecule has 0 unspecified atom stereocenters. The molecule has 1 heterocycles. The molecule has 0 fully saturated rings. The summed E-state index contributed by atoms with van der Waals surface area (Å²) < 4.78 is 1.39. The molecule has 1 atom stereocenters. The predicted molar refractivity (Wildman–Crippen MR) is 61.1 cm³/mol. The summed E-state index contributed by atoms with van der Waals surface area (Å²) in [6, 6.07) is 1.52. The number of anilines is 1. The summed E-state index contributed by atoms with van der Waals surface area (Å²) in [5, 5.41) is 4.07. The molecule has 0 aliphatic rings. The zero-order chi connectivity index (χ0) is 11.4. The number of hydrogen-bond donors (Lipinski definition) is 1. The first kappa shape index (κ1) is 11.7. The van der Waals surface area contributed by atoms with Gasteiger partial charge < -0.3 is 10.6 Å². The van der Waals surface area contributed by atoms with Gasteiger partial charge in [0.15, 0.2) is 0 Å². The van der Waals surface area contributed by atoms with Crippen molar-refractivity contribution in [3.8, 4) is 0 Å². The fraction of sp³-hybridized carbons (Fsp3) is 0.600. The van der Waals surface area contributed by atoms with Crippen LogP contribution in [0.2, 0.25) is 0 Å². The summed E-state index contributed by atoms with van der Waals surface area (Å²) in [4.78, 5) is 13.6. The number of hydrogen-bond acceptors (Lipinski definition) is 4. The van der Waals surface area contributed by atoms with Crippen molar-refractivity contribution in [3.63, 3.8) is 0 Å². The van der Waals surface area contributed by atoms with Crippen LogP contribution in [0.4, 0.5) is 5.69 Å². The molecule has 5 heteroatoms. The van der Waals surface area contributed by atoms with Gasteiger partial charge in [0, 0.05) is 25.7 Å². The summed E-state index contributed by atoms with van der Waals surface area (Å²) in [5.74, 6) is 0. The van der Waals surface area contributed by atoms with Gasteiger partial charge in [0.1, 0.15) is 0 Å². The molecule has 0 bridgehead atoms. The van der Waals surface area contributed by atoms with Gasteiger partial charge in [-0.1, -0.05) is 0 Å². The van der Waals surface area contributed by atoms with Crippen LogP contribution in [0.1, 0.15) is 13.8 Å². The van der Waals surface area contributed by atoms with Crippen molar-refractivity contribution < 1.29 is 0 Å². The first-order valence-corrected chi connectivity index (χ1v) is 5.08. The molecule has 1 rings (SSSR count). The highest BCUT2D eigenvalue weighted by molar-refractivity contribution is 5.41. The van der Waals surface area contributed by atoms with E-state index in [-0.39, 0.29) is 11.6 Å². The second-order valence-corrected chi connectivity index (χ2v) is 3.73. The standard InChI is InChI=1S/C10H18N4O/c1-4-13(3)9-5-10(15)14(12-6-9)7-8(2)11/h5-6,8H,4,7,11H2,1-3H3/t8-/m0/s1. The molecule has 0 saturated carbocycles. The molecule has 0 saturated heterocycles. The van der Waals surface area contributed by atoms with Gasteiger partial charge in [-0.2, -0.15) is 5.10 Å². The largest absolute Gasteiger partial charge is 0.373 e. The van der Waals surface area contributed by atoms with Crippen LogP contribution in [0, 0.1) is 0 Å². The maximum absolute atomic E-state index is 11.6. The van der Waals surface area contributed by atoms with Crippen molar-refractivity contribution in [2.75, 3.05) is 18.5 Å². The fourth-order valence-electron chi connectivity index (χ4n) is 1.23. The third-order valence-electron chi connectivity index (χ3n) is 2.23. The Morgan fingerprint density at radius 2 is 2.33 bits per heavy atom. The topological polar surface area (TPSA) is 64.2 Å². The molecular weight excluding hydrogens is 192 g/mol. The lowest BCUT2D eigenvalue weighted by molar-refractivity contribution is 0.513. The highest BCUT2D eigenvalue weighted by atomic mass is 16.1. The summed E-state index contributed by atoms with van der Waals surface area (Å²) in [5.41, 5.74) is 6.34. The quantitative estimate of drug-likeness (QED) is 0.762. The van der Waals surface area contributed by atoms with E-state index in [0.717, 1.165) is 12.2 Å². The van der Waals surface area contributed by atoms with Crippen molar-refractivity contribution in [3.05, 3.63) is 22.6 Å². The minimum atomic E-state index is -0.106. The van der Waals surface area contributed by atoms with Crippen molar-refractivity contribution in [1.29, 1.82) is 0 Å². The zero-order valence-corrected chi connectivity index (χ0v) is 9.47. The van der Waals surface area contributed by atoms with E-state index in [4.69, 9.17) is 5.73 Å². The van der Waals surface area contributed by atoms with Crippen molar-refractivity contribution in [1.82, 2.24) is 9.78 Å². The van der Waals surface area contributed by atoms with Gasteiger partial charge in [-0.15, -0.1) is 0 Å². The van der Waals surface area contributed by atoms with E-state index in [2.05, 4.69) is 5.10 Å². The maximum atomic E-state index is 11.6. The normalized spacial score (nSPS) is 12.5. The van der Waals surface area contributed by atoms with Crippen molar-refractivity contribution in [2.24, 2.45) is 5.73 Å². The second kappa shape index (κ2) is 4.93. The maximum Gasteiger partial charge on any atom is 0.268 e. The SMILES string of the molecule is CCN(C)c1cnn(C[C@H](C)N)c(=O)c1. The average Bonchev–Trinajstić information content (AvgIpc) is 2.19. The zero-order valence-electron chi connectivity index (χ0n) is 9.47. The molecule has 0 spiro atoms. The van der Waals surface area contributed by atoms with Crippen LogP contribution >= 0.6 is 0 Å². The van der Waals surface area contributed by atoms with E-state index in [1.165, 1.54) is 4.68 Å². The van der Waals surface area contributed by atoms with E-state index in [1.54, 1.807) is 12.3 Å². The van der Waals surface area contributed by atoms with Gasteiger partial charge in [0.25, 0.3) is 5.56 Å². The molecule has 2 N–H and O–H groups in total. The Bertz CT molecular complexity index is 372. The lowest BCUT2D eigenvalue weighted by Crippen LogP contribution is -2.32. The highest BCUT2D eigenvalue weighted by Gasteiger charge is 2.04. The second-order valence-electron chi connectivity index (χ2n) is 3.73. The first-order chi connectivity index (χ1) is 7.04. The predicted octanol–water partition coefficient (Wildman–Crippen LogP) is 0.0466. The highest BCUT2D eigenvalue weighted by Crippen LogP contribution is 2.05. The van der Waals surface area contributed by atoms with Crippen LogP contribution in [0.5, 0.6) is 0 Å². The fourth-order valence-corrected chi connectivity index (χ4v) is 1.23. The van der Waals surface area contributed by atoms with E-state index in [9.17, 15) is 4.79 Å². The van der Waals surface area contributed by atoms with Crippen LogP contribution < -0.4 is 16.2 Å². The van der Waals surface area contributed by atoms with Gasteiger partial charge >= 0.3 is 0 Å². The van der Waals surface area contributed by atoms with E-state index in [0.29, 0.717) is 6.54 Å². The molecule has 0 radical (unpaired) electrons. The van der Waals surface area contributed by atoms with E-state index >= 15 is 0 Å². The number of rotatable bonds is 4. The lowest BCUT2D eigenvalue weighted by atomic mass is 10.3. The minimum absolute atomic E-state index is 0.0649.